The summed E-state index contributed by atoms with van der Waals surface area (Å²) in [5.41, 5.74) is 1.39. The Kier molecular flexibility index (Phi) is 4.49. The molecule has 0 fully saturated rings. The van der Waals surface area contributed by atoms with E-state index >= 15 is 0 Å². The van der Waals surface area contributed by atoms with Crippen LogP contribution in [0.2, 0.25) is 5.02 Å². The van der Waals surface area contributed by atoms with E-state index in [1.807, 2.05) is 54.6 Å². The van der Waals surface area contributed by atoms with Crippen LogP contribution in [-0.2, 0) is 6.54 Å². The molecule has 0 atom stereocenters. The van der Waals surface area contributed by atoms with E-state index in [0.29, 0.717) is 22.9 Å². The van der Waals surface area contributed by atoms with Crippen molar-refractivity contribution in [3.63, 3.8) is 0 Å². The van der Waals surface area contributed by atoms with Gasteiger partial charge in [0.1, 0.15) is 5.75 Å². The van der Waals surface area contributed by atoms with Crippen LogP contribution in [-0.4, -0.2) is 13.0 Å². The highest BCUT2D eigenvalue weighted by atomic mass is 35.5. The monoisotopic (exact) mass is 325 g/mol. The first-order valence-corrected chi connectivity index (χ1v) is 7.65. The van der Waals surface area contributed by atoms with E-state index in [1.54, 1.807) is 13.2 Å². The van der Waals surface area contributed by atoms with Crippen LogP contribution in [0, 0.1) is 0 Å². The van der Waals surface area contributed by atoms with E-state index in [-0.39, 0.29) is 5.91 Å². The quantitative estimate of drug-likeness (QED) is 0.770. The van der Waals surface area contributed by atoms with Crippen molar-refractivity contribution in [2.75, 3.05) is 7.11 Å². The van der Waals surface area contributed by atoms with Crippen molar-refractivity contribution < 1.29 is 9.53 Å². The van der Waals surface area contributed by atoms with Crippen LogP contribution in [0.15, 0.2) is 60.7 Å². The first-order chi connectivity index (χ1) is 11.2. The van der Waals surface area contributed by atoms with Gasteiger partial charge < -0.3 is 10.1 Å². The van der Waals surface area contributed by atoms with Gasteiger partial charge in [-0.2, -0.15) is 0 Å². The predicted molar refractivity (Wildman–Crippen MR) is 93.1 cm³/mol. The van der Waals surface area contributed by atoms with Crippen LogP contribution in [0.5, 0.6) is 5.75 Å². The molecule has 0 aromatic heterocycles. The summed E-state index contributed by atoms with van der Waals surface area (Å²) < 4.78 is 5.36. The van der Waals surface area contributed by atoms with Crippen molar-refractivity contribution in [1.82, 2.24) is 5.32 Å². The van der Waals surface area contributed by atoms with Crippen molar-refractivity contribution >= 4 is 28.3 Å². The second-order valence-corrected chi connectivity index (χ2v) is 5.58. The van der Waals surface area contributed by atoms with Crippen molar-refractivity contribution in [2.24, 2.45) is 0 Å². The number of rotatable bonds is 4. The van der Waals surface area contributed by atoms with Crippen molar-refractivity contribution in [3.8, 4) is 5.75 Å². The van der Waals surface area contributed by atoms with E-state index in [2.05, 4.69) is 5.32 Å². The molecule has 0 saturated heterocycles. The van der Waals surface area contributed by atoms with Gasteiger partial charge in [-0.15, -0.1) is 0 Å². The number of halogens is 1. The fourth-order valence-electron chi connectivity index (χ4n) is 2.48. The lowest BCUT2D eigenvalue weighted by Gasteiger charge is -2.11. The van der Waals surface area contributed by atoms with Gasteiger partial charge in [0, 0.05) is 11.6 Å². The Morgan fingerprint density at radius 3 is 2.39 bits per heavy atom. The number of carbonyl (C=O) groups excluding carboxylic acids is 1. The topological polar surface area (TPSA) is 38.3 Å². The summed E-state index contributed by atoms with van der Waals surface area (Å²) in [6.07, 6.45) is 0. The number of methoxy groups -OCH3 is 1. The lowest BCUT2D eigenvalue weighted by molar-refractivity contribution is 0.0948. The molecule has 0 radical (unpaired) electrons. The number of benzene rings is 3. The molecule has 0 heterocycles. The van der Waals surface area contributed by atoms with E-state index in [4.69, 9.17) is 16.3 Å². The number of nitrogens with one attached hydrogen (secondary N) is 1. The van der Waals surface area contributed by atoms with Crippen LogP contribution in [0.25, 0.3) is 10.8 Å². The molecule has 3 rings (SSSR count). The third kappa shape index (κ3) is 3.30. The number of hydrogen-bond acceptors (Lipinski definition) is 2. The fourth-order valence-corrected chi connectivity index (χ4v) is 2.68. The number of hydrogen-bond donors (Lipinski definition) is 1. The van der Waals surface area contributed by atoms with Gasteiger partial charge in [0.2, 0.25) is 0 Å². The van der Waals surface area contributed by atoms with Crippen LogP contribution in [0.1, 0.15) is 15.9 Å². The molecule has 23 heavy (non-hydrogen) atoms. The zero-order valence-electron chi connectivity index (χ0n) is 12.7. The van der Waals surface area contributed by atoms with Crippen molar-refractivity contribution in [1.29, 1.82) is 0 Å². The Morgan fingerprint density at radius 2 is 1.70 bits per heavy atom. The van der Waals surface area contributed by atoms with Gasteiger partial charge in [0.25, 0.3) is 5.91 Å². The van der Waals surface area contributed by atoms with Gasteiger partial charge in [-0.1, -0.05) is 54.1 Å². The minimum atomic E-state index is -0.187. The molecule has 0 aliphatic heterocycles. The molecule has 0 aliphatic rings. The summed E-state index contributed by atoms with van der Waals surface area (Å²) >= 11 is 6.11. The SMILES string of the molecule is COc1cc2ccccc2cc1C(=O)NCc1ccccc1Cl. The number of carbonyl (C=O) groups is 1. The van der Waals surface area contributed by atoms with Gasteiger partial charge in [-0.25, -0.2) is 0 Å². The molecule has 0 aliphatic carbocycles. The van der Waals surface area contributed by atoms with Gasteiger partial charge in [-0.05, 0) is 34.5 Å². The zero-order chi connectivity index (χ0) is 16.2. The Balaban J connectivity index is 1.86. The van der Waals surface area contributed by atoms with Gasteiger partial charge in [0.05, 0.1) is 12.7 Å². The maximum atomic E-state index is 12.5. The highest BCUT2D eigenvalue weighted by molar-refractivity contribution is 6.31. The Bertz CT molecular complexity index is 861. The molecule has 4 heteroatoms. The highest BCUT2D eigenvalue weighted by Gasteiger charge is 2.13. The number of fused-ring (bicyclic) bond motifs is 1. The minimum absolute atomic E-state index is 0.187. The fraction of sp³-hybridized carbons (Fsp3) is 0.105. The molecule has 116 valence electrons. The summed E-state index contributed by atoms with van der Waals surface area (Å²) in [4.78, 5) is 12.5. The summed E-state index contributed by atoms with van der Waals surface area (Å²) in [6, 6.07) is 19.0. The third-order valence-corrected chi connectivity index (χ3v) is 4.08. The van der Waals surface area contributed by atoms with Crippen molar-refractivity contribution in [2.45, 2.75) is 6.54 Å². The second kappa shape index (κ2) is 6.71. The third-order valence-electron chi connectivity index (χ3n) is 3.71. The summed E-state index contributed by atoms with van der Waals surface area (Å²) in [6.45, 7) is 0.370. The predicted octanol–water partition coefficient (Wildman–Crippen LogP) is 4.43. The average molecular weight is 326 g/mol. The van der Waals surface area contributed by atoms with Crippen LogP contribution >= 0.6 is 11.6 Å². The molecule has 3 nitrogen and oxygen atoms in total. The molecular formula is C19H16ClNO2. The molecule has 0 bridgehead atoms. The molecule has 3 aromatic rings. The smallest absolute Gasteiger partial charge is 0.255 e. The molecule has 1 amide bonds. The number of ether oxygens (including phenoxy) is 1. The van der Waals surface area contributed by atoms with Gasteiger partial charge >= 0.3 is 0 Å². The molecule has 1 N–H and O–H groups in total. The van der Waals surface area contributed by atoms with Gasteiger partial charge in [-0.3, -0.25) is 4.79 Å². The summed E-state index contributed by atoms with van der Waals surface area (Å²) in [7, 11) is 1.56. The lowest BCUT2D eigenvalue weighted by Crippen LogP contribution is -2.23. The molecular weight excluding hydrogens is 310 g/mol. The van der Waals surface area contributed by atoms with Crippen LogP contribution < -0.4 is 10.1 Å². The maximum Gasteiger partial charge on any atom is 0.255 e. The Hall–Kier alpha value is -2.52. The molecule has 0 unspecified atom stereocenters. The maximum absolute atomic E-state index is 12.5. The Labute approximate surface area is 139 Å². The first kappa shape index (κ1) is 15.4. The van der Waals surface area contributed by atoms with E-state index in [1.165, 1.54) is 0 Å². The largest absolute Gasteiger partial charge is 0.496 e. The molecule has 0 spiro atoms. The highest BCUT2D eigenvalue weighted by Crippen LogP contribution is 2.26. The molecule has 0 saturated carbocycles. The number of amides is 1. The van der Waals surface area contributed by atoms with E-state index < -0.39 is 0 Å². The van der Waals surface area contributed by atoms with E-state index in [0.717, 1.165) is 16.3 Å². The summed E-state index contributed by atoms with van der Waals surface area (Å²) in [5.74, 6) is 0.368. The standard InChI is InChI=1S/C19H16ClNO2/c1-23-18-11-14-7-3-2-6-13(14)10-16(18)19(22)21-12-15-8-4-5-9-17(15)20/h2-11H,12H2,1H3,(H,21,22). The van der Waals surface area contributed by atoms with Crippen molar-refractivity contribution in [3.05, 3.63) is 76.8 Å². The van der Waals surface area contributed by atoms with Gasteiger partial charge in [0.15, 0.2) is 0 Å². The average Bonchev–Trinajstić information content (AvgIpc) is 2.59. The van der Waals surface area contributed by atoms with Crippen LogP contribution in [0.3, 0.4) is 0 Å². The second-order valence-electron chi connectivity index (χ2n) is 5.17. The minimum Gasteiger partial charge on any atom is -0.496 e. The Morgan fingerprint density at radius 1 is 1.04 bits per heavy atom. The van der Waals surface area contributed by atoms with Crippen LogP contribution in [0.4, 0.5) is 0 Å². The lowest BCUT2D eigenvalue weighted by atomic mass is 10.1. The molecule has 3 aromatic carbocycles. The first-order valence-electron chi connectivity index (χ1n) is 7.27. The normalized spacial score (nSPS) is 10.5. The summed E-state index contributed by atoms with van der Waals surface area (Å²) in [5, 5.41) is 5.56. The zero-order valence-corrected chi connectivity index (χ0v) is 13.4. The van der Waals surface area contributed by atoms with E-state index in [9.17, 15) is 4.79 Å².